The zero-order valence-corrected chi connectivity index (χ0v) is 10.2. The highest BCUT2D eigenvalue weighted by atomic mass is 16.2. The molecule has 1 heterocycles. The van der Waals surface area contributed by atoms with Crippen LogP contribution >= 0.6 is 0 Å². The van der Waals surface area contributed by atoms with Gasteiger partial charge < -0.3 is 10.2 Å². The number of nitrogens with one attached hydrogen (secondary N) is 1. The summed E-state index contributed by atoms with van der Waals surface area (Å²) in [5.74, 6) is 0.426. The fourth-order valence-corrected chi connectivity index (χ4v) is 2.34. The Morgan fingerprint density at radius 3 is 2.83 bits per heavy atom. The highest BCUT2D eigenvalue weighted by molar-refractivity contribution is 5.80. The first-order valence-electron chi connectivity index (χ1n) is 6.34. The van der Waals surface area contributed by atoms with Gasteiger partial charge in [0, 0.05) is 25.6 Å². The quantitative estimate of drug-likeness (QED) is 0.809. The van der Waals surface area contributed by atoms with Crippen LogP contribution in [0.25, 0.3) is 0 Å². The van der Waals surface area contributed by atoms with Crippen LogP contribution in [-0.2, 0) is 29.2 Å². The third-order valence-electron chi connectivity index (χ3n) is 3.58. The highest BCUT2D eigenvalue weighted by Gasteiger charge is 2.29. The molecule has 1 N–H and O–H groups in total. The van der Waals surface area contributed by atoms with E-state index in [9.17, 15) is 9.59 Å². The lowest BCUT2D eigenvalue weighted by molar-refractivity contribution is -0.122. The van der Waals surface area contributed by atoms with Crippen LogP contribution < -0.4 is 5.32 Å². The lowest BCUT2D eigenvalue weighted by Crippen LogP contribution is -2.24. The Kier molecular flexibility index (Phi) is 2.78. The van der Waals surface area contributed by atoms with E-state index >= 15 is 0 Å². The predicted molar refractivity (Wildman–Crippen MR) is 66.3 cm³/mol. The minimum Gasteiger partial charge on any atom is -0.352 e. The van der Waals surface area contributed by atoms with Crippen LogP contribution in [0.2, 0.25) is 0 Å². The normalized spacial score (nSPS) is 17.4. The summed E-state index contributed by atoms with van der Waals surface area (Å²) >= 11 is 0. The Morgan fingerprint density at radius 1 is 1.33 bits per heavy atom. The molecule has 94 valence electrons. The van der Waals surface area contributed by atoms with Crippen LogP contribution in [0.15, 0.2) is 18.2 Å². The van der Waals surface area contributed by atoms with E-state index in [1.165, 1.54) is 11.1 Å². The van der Waals surface area contributed by atoms with Gasteiger partial charge in [-0.3, -0.25) is 9.59 Å². The van der Waals surface area contributed by atoms with Gasteiger partial charge in [0.2, 0.25) is 12.3 Å². The maximum atomic E-state index is 11.5. The summed E-state index contributed by atoms with van der Waals surface area (Å²) in [4.78, 5) is 24.0. The highest BCUT2D eigenvalue weighted by Crippen LogP contribution is 2.29. The van der Waals surface area contributed by atoms with Crippen LogP contribution in [-0.4, -0.2) is 17.2 Å². The number of fused-ring (bicyclic) bond motifs is 1. The van der Waals surface area contributed by atoms with Gasteiger partial charge >= 0.3 is 0 Å². The van der Waals surface area contributed by atoms with Crippen LogP contribution in [0.4, 0.5) is 0 Å². The van der Waals surface area contributed by atoms with E-state index in [1.54, 1.807) is 4.90 Å². The second-order valence-corrected chi connectivity index (χ2v) is 5.11. The molecule has 0 spiro atoms. The van der Waals surface area contributed by atoms with Crippen molar-refractivity contribution in [3.63, 3.8) is 0 Å². The Labute approximate surface area is 106 Å². The fourth-order valence-electron chi connectivity index (χ4n) is 2.34. The molecule has 18 heavy (non-hydrogen) atoms. The second-order valence-electron chi connectivity index (χ2n) is 5.11. The molecule has 0 atom stereocenters. The van der Waals surface area contributed by atoms with Crippen LogP contribution in [0, 0.1) is 5.92 Å². The lowest BCUT2D eigenvalue weighted by Gasteiger charge is -2.06. The first kappa shape index (κ1) is 11.3. The van der Waals surface area contributed by atoms with Crippen molar-refractivity contribution in [2.45, 2.75) is 32.5 Å². The Morgan fingerprint density at radius 2 is 2.11 bits per heavy atom. The van der Waals surface area contributed by atoms with Crippen molar-refractivity contribution in [3.8, 4) is 0 Å². The van der Waals surface area contributed by atoms with E-state index in [2.05, 4.69) is 17.4 Å². The molecule has 0 unspecified atom stereocenters. The van der Waals surface area contributed by atoms with E-state index in [0.717, 1.165) is 24.8 Å². The molecule has 1 aromatic rings. The van der Waals surface area contributed by atoms with Gasteiger partial charge in [-0.2, -0.15) is 0 Å². The van der Waals surface area contributed by atoms with Gasteiger partial charge in [0.05, 0.1) is 0 Å². The topological polar surface area (TPSA) is 49.4 Å². The number of amides is 2. The third kappa shape index (κ3) is 2.23. The summed E-state index contributed by atoms with van der Waals surface area (Å²) < 4.78 is 0. The molecular formula is C14H16N2O2. The largest absolute Gasteiger partial charge is 0.352 e. The smallest absolute Gasteiger partial charge is 0.223 e. The van der Waals surface area contributed by atoms with Crippen molar-refractivity contribution >= 4 is 12.3 Å². The van der Waals surface area contributed by atoms with Crippen LogP contribution in [0.3, 0.4) is 0 Å². The molecule has 0 saturated heterocycles. The fraction of sp³-hybridized carbons (Fsp3) is 0.429. The van der Waals surface area contributed by atoms with Gasteiger partial charge in [0.25, 0.3) is 0 Å². The van der Waals surface area contributed by atoms with Crippen molar-refractivity contribution in [3.05, 3.63) is 34.9 Å². The second kappa shape index (κ2) is 4.44. The predicted octanol–water partition coefficient (Wildman–Crippen LogP) is 1.18. The van der Waals surface area contributed by atoms with E-state index in [1.807, 2.05) is 6.07 Å². The first-order valence-corrected chi connectivity index (χ1v) is 6.34. The first-order chi connectivity index (χ1) is 8.76. The summed E-state index contributed by atoms with van der Waals surface area (Å²) in [5.41, 5.74) is 3.51. The molecule has 1 saturated carbocycles. The molecule has 2 aliphatic rings. The van der Waals surface area contributed by atoms with Gasteiger partial charge in [-0.05, 0) is 29.5 Å². The Hall–Kier alpha value is -1.84. The average Bonchev–Trinajstić information content (AvgIpc) is 3.15. The zero-order valence-electron chi connectivity index (χ0n) is 10.2. The molecule has 1 aliphatic carbocycles. The van der Waals surface area contributed by atoms with Gasteiger partial charge in [0.15, 0.2) is 0 Å². The van der Waals surface area contributed by atoms with E-state index in [-0.39, 0.29) is 11.8 Å². The molecule has 1 aliphatic heterocycles. The molecule has 0 bridgehead atoms. The number of carbonyl (C=O) groups is 2. The van der Waals surface area contributed by atoms with Gasteiger partial charge in [-0.25, -0.2) is 0 Å². The number of hydrogen-bond donors (Lipinski definition) is 1. The zero-order chi connectivity index (χ0) is 12.5. The summed E-state index contributed by atoms with van der Waals surface area (Å²) in [5, 5.41) is 2.96. The van der Waals surface area contributed by atoms with Crippen molar-refractivity contribution in [1.82, 2.24) is 10.2 Å². The maximum Gasteiger partial charge on any atom is 0.223 e. The summed E-state index contributed by atoms with van der Waals surface area (Å²) in [6, 6.07) is 6.17. The Balaban J connectivity index is 1.64. The SMILES string of the molecule is O=CN1Cc2ccc(CNC(=O)C3CC3)cc2C1. The molecule has 0 aromatic heterocycles. The lowest BCUT2D eigenvalue weighted by atomic mass is 10.1. The van der Waals surface area contributed by atoms with Gasteiger partial charge in [-0.15, -0.1) is 0 Å². The third-order valence-corrected chi connectivity index (χ3v) is 3.58. The molecule has 1 aromatic carbocycles. The number of hydrogen-bond acceptors (Lipinski definition) is 2. The number of rotatable bonds is 4. The van der Waals surface area contributed by atoms with Crippen molar-refractivity contribution in [2.75, 3.05) is 0 Å². The van der Waals surface area contributed by atoms with Gasteiger partial charge in [0.1, 0.15) is 0 Å². The van der Waals surface area contributed by atoms with E-state index < -0.39 is 0 Å². The summed E-state index contributed by atoms with van der Waals surface area (Å²) in [7, 11) is 0. The minimum atomic E-state index is 0.171. The average molecular weight is 244 g/mol. The van der Waals surface area contributed by atoms with Gasteiger partial charge in [-0.1, -0.05) is 18.2 Å². The van der Waals surface area contributed by atoms with Crippen LogP contribution in [0.1, 0.15) is 29.5 Å². The standard InChI is InChI=1S/C14H16N2O2/c17-9-16-7-12-2-1-10(5-13(12)8-16)6-15-14(18)11-3-4-11/h1-2,5,9,11H,3-4,6-8H2,(H,15,18). The summed E-state index contributed by atoms with van der Waals surface area (Å²) in [6.45, 7) is 1.97. The number of carbonyl (C=O) groups excluding carboxylic acids is 2. The van der Waals surface area contributed by atoms with Crippen molar-refractivity contribution < 1.29 is 9.59 Å². The molecular weight excluding hydrogens is 228 g/mol. The number of benzene rings is 1. The minimum absolute atomic E-state index is 0.171. The number of nitrogens with zero attached hydrogens (tertiary/aromatic N) is 1. The van der Waals surface area contributed by atoms with E-state index in [4.69, 9.17) is 0 Å². The van der Waals surface area contributed by atoms with E-state index in [0.29, 0.717) is 19.6 Å². The summed E-state index contributed by atoms with van der Waals surface area (Å²) in [6.07, 6.45) is 2.95. The molecule has 2 amide bonds. The molecule has 0 radical (unpaired) electrons. The van der Waals surface area contributed by atoms with Crippen LogP contribution in [0.5, 0.6) is 0 Å². The molecule has 4 heteroatoms. The molecule has 4 nitrogen and oxygen atoms in total. The molecule has 1 fully saturated rings. The monoisotopic (exact) mass is 244 g/mol. The van der Waals surface area contributed by atoms with Crippen molar-refractivity contribution in [1.29, 1.82) is 0 Å². The van der Waals surface area contributed by atoms with Crippen molar-refractivity contribution in [2.24, 2.45) is 5.92 Å². The maximum absolute atomic E-state index is 11.5. The molecule has 3 rings (SSSR count). The Bertz CT molecular complexity index is 495.